The van der Waals surface area contributed by atoms with Gasteiger partial charge in [-0.15, -0.1) is 0 Å². The topological polar surface area (TPSA) is 71.1 Å². The summed E-state index contributed by atoms with van der Waals surface area (Å²) in [5.74, 6) is 0. The lowest BCUT2D eigenvalue weighted by Gasteiger charge is -2.10. The highest BCUT2D eigenvalue weighted by Gasteiger charge is 2.16. The lowest BCUT2D eigenvalue weighted by atomic mass is 10.2. The van der Waals surface area contributed by atoms with Crippen molar-refractivity contribution in [1.29, 1.82) is 0 Å². The van der Waals surface area contributed by atoms with Crippen LogP contribution >= 0.6 is 0 Å². The maximum Gasteiger partial charge on any atom is 0.241 e. The lowest BCUT2D eigenvalue weighted by Crippen LogP contribution is -2.32. The third kappa shape index (κ3) is 4.50. The van der Waals surface area contributed by atoms with Crippen LogP contribution in [0, 0.1) is 0 Å². The smallest absolute Gasteiger partial charge is 0.241 e. The molecule has 2 rings (SSSR count). The van der Waals surface area contributed by atoms with E-state index < -0.39 is 10.0 Å². The molecule has 0 radical (unpaired) electrons. The third-order valence-corrected chi connectivity index (χ3v) is 5.00. The van der Waals surface area contributed by atoms with Crippen molar-refractivity contribution in [3.8, 4) is 0 Å². The summed E-state index contributed by atoms with van der Waals surface area (Å²) in [5, 5.41) is 4.76. The Morgan fingerprint density at radius 1 is 1.09 bits per heavy atom. The second-order valence-corrected chi connectivity index (χ2v) is 6.94. The van der Waals surface area contributed by atoms with E-state index in [2.05, 4.69) is 21.9 Å². The van der Waals surface area contributed by atoms with Gasteiger partial charge in [0.25, 0.3) is 0 Å². The number of hydrogen-bond acceptors (Lipinski definition) is 4. The van der Waals surface area contributed by atoms with E-state index in [1.165, 1.54) is 12.8 Å². The molecule has 0 spiro atoms. The molecule has 1 heterocycles. The summed E-state index contributed by atoms with van der Waals surface area (Å²) in [6.07, 6.45) is 6.78. The Morgan fingerprint density at radius 3 is 2.77 bits per heavy atom. The van der Waals surface area contributed by atoms with Gasteiger partial charge in [-0.05, 0) is 25.1 Å². The Kier molecular flexibility index (Phi) is 6.30. The first-order chi connectivity index (χ1) is 10.6. The van der Waals surface area contributed by atoms with Crippen LogP contribution in [0.15, 0.2) is 41.6 Å². The quantitative estimate of drug-likeness (QED) is 0.695. The molecule has 1 aromatic carbocycles. The highest BCUT2D eigenvalue weighted by atomic mass is 32.2. The van der Waals surface area contributed by atoms with Gasteiger partial charge in [-0.1, -0.05) is 31.9 Å². The summed E-state index contributed by atoms with van der Waals surface area (Å²) in [6.45, 7) is 4.11. The minimum absolute atomic E-state index is 0.304. The van der Waals surface area contributed by atoms with Crippen molar-refractivity contribution in [3.63, 3.8) is 0 Å². The Bertz CT molecular complexity index is 696. The van der Waals surface area contributed by atoms with Gasteiger partial charge in [-0.2, -0.15) is 0 Å². The molecule has 0 saturated heterocycles. The number of aromatic nitrogens is 1. The molecule has 0 bridgehead atoms. The Hall–Kier alpha value is -1.50. The van der Waals surface area contributed by atoms with E-state index in [1.54, 1.807) is 30.6 Å². The summed E-state index contributed by atoms with van der Waals surface area (Å²) < 4.78 is 27.5. The van der Waals surface area contributed by atoms with Crippen molar-refractivity contribution in [2.45, 2.75) is 31.1 Å². The summed E-state index contributed by atoms with van der Waals surface area (Å²) in [5.41, 5.74) is 0. The lowest BCUT2D eigenvalue weighted by molar-refractivity contribution is 0.572. The van der Waals surface area contributed by atoms with Gasteiger partial charge in [0.1, 0.15) is 0 Å². The maximum absolute atomic E-state index is 12.4. The monoisotopic (exact) mass is 321 g/mol. The molecule has 0 unspecified atom stereocenters. The van der Waals surface area contributed by atoms with Gasteiger partial charge >= 0.3 is 0 Å². The number of rotatable bonds is 9. The fraction of sp³-hybridized carbons (Fsp3) is 0.438. The molecule has 2 aromatic rings. The van der Waals surface area contributed by atoms with E-state index in [4.69, 9.17) is 0 Å². The molecule has 0 saturated carbocycles. The molecule has 0 atom stereocenters. The summed E-state index contributed by atoms with van der Waals surface area (Å²) in [4.78, 5) is 4.33. The van der Waals surface area contributed by atoms with Gasteiger partial charge in [0.05, 0.1) is 4.90 Å². The molecule has 0 aliphatic carbocycles. The zero-order valence-electron chi connectivity index (χ0n) is 12.9. The number of sulfonamides is 1. The van der Waals surface area contributed by atoms with Crippen LogP contribution in [0.3, 0.4) is 0 Å². The number of nitrogens with zero attached hydrogens (tertiary/aromatic N) is 1. The first kappa shape index (κ1) is 16.9. The second-order valence-electron chi connectivity index (χ2n) is 5.21. The fourth-order valence-electron chi connectivity index (χ4n) is 2.30. The molecule has 6 heteroatoms. The Morgan fingerprint density at radius 2 is 1.95 bits per heavy atom. The zero-order valence-corrected chi connectivity index (χ0v) is 13.7. The molecule has 0 amide bonds. The number of pyridine rings is 1. The highest BCUT2D eigenvalue weighted by molar-refractivity contribution is 7.89. The van der Waals surface area contributed by atoms with Crippen molar-refractivity contribution in [3.05, 3.63) is 36.7 Å². The normalized spacial score (nSPS) is 11.9. The molecule has 5 nitrogen and oxygen atoms in total. The number of fused-ring (bicyclic) bond motifs is 1. The highest BCUT2D eigenvalue weighted by Crippen LogP contribution is 2.21. The molecule has 22 heavy (non-hydrogen) atoms. The van der Waals surface area contributed by atoms with E-state index in [9.17, 15) is 8.42 Å². The van der Waals surface area contributed by atoms with Crippen LogP contribution in [0.1, 0.15) is 26.2 Å². The van der Waals surface area contributed by atoms with Gasteiger partial charge in [0.2, 0.25) is 10.0 Å². The second kappa shape index (κ2) is 8.22. The first-order valence-electron chi connectivity index (χ1n) is 7.68. The summed E-state index contributed by atoms with van der Waals surface area (Å²) in [6, 6.07) is 6.95. The standard InChI is InChI=1S/C16H23N3O2S/c1-2-3-4-9-17-11-12-19-22(20,21)16-7-5-6-14-13-18-10-8-15(14)16/h5-8,10,13,17,19H,2-4,9,11-12H2,1H3. The van der Waals surface area contributed by atoms with E-state index >= 15 is 0 Å². The van der Waals surface area contributed by atoms with Gasteiger partial charge in [-0.3, -0.25) is 4.98 Å². The molecule has 0 aliphatic heterocycles. The van der Waals surface area contributed by atoms with Crippen LogP contribution in [0.4, 0.5) is 0 Å². The van der Waals surface area contributed by atoms with Gasteiger partial charge in [0.15, 0.2) is 0 Å². The van der Waals surface area contributed by atoms with Crippen LogP contribution in [0.2, 0.25) is 0 Å². The minimum atomic E-state index is -3.50. The van der Waals surface area contributed by atoms with Crippen LogP contribution < -0.4 is 10.0 Å². The molecule has 120 valence electrons. The molecule has 1 aromatic heterocycles. The predicted molar refractivity (Wildman–Crippen MR) is 89.3 cm³/mol. The third-order valence-electron chi connectivity index (χ3n) is 3.48. The van der Waals surface area contributed by atoms with E-state index in [0.717, 1.165) is 18.4 Å². The van der Waals surface area contributed by atoms with E-state index in [-0.39, 0.29) is 0 Å². The van der Waals surface area contributed by atoms with Crippen LogP contribution in [-0.4, -0.2) is 33.0 Å². The molecular formula is C16H23N3O2S. The van der Waals surface area contributed by atoms with Gasteiger partial charge in [0, 0.05) is 36.3 Å². The molecule has 0 fully saturated rings. The number of benzene rings is 1. The average Bonchev–Trinajstić information content (AvgIpc) is 2.53. The largest absolute Gasteiger partial charge is 0.315 e. The Balaban J connectivity index is 1.95. The SMILES string of the molecule is CCCCCNCCNS(=O)(=O)c1cccc2cnccc12. The Labute approximate surface area is 132 Å². The van der Waals surface area contributed by atoms with Crippen LogP contribution in [-0.2, 0) is 10.0 Å². The average molecular weight is 321 g/mol. The molecule has 0 aliphatic rings. The number of nitrogens with one attached hydrogen (secondary N) is 2. The van der Waals surface area contributed by atoms with Crippen LogP contribution in [0.25, 0.3) is 10.8 Å². The number of hydrogen-bond donors (Lipinski definition) is 2. The van der Waals surface area contributed by atoms with E-state index in [0.29, 0.717) is 23.4 Å². The van der Waals surface area contributed by atoms with Gasteiger partial charge < -0.3 is 5.32 Å². The van der Waals surface area contributed by atoms with Crippen molar-refractivity contribution in [2.24, 2.45) is 0 Å². The number of unbranched alkanes of at least 4 members (excludes halogenated alkanes) is 2. The van der Waals surface area contributed by atoms with E-state index in [1.807, 2.05) is 6.07 Å². The molecule has 2 N–H and O–H groups in total. The summed E-state index contributed by atoms with van der Waals surface area (Å²) >= 11 is 0. The summed E-state index contributed by atoms with van der Waals surface area (Å²) in [7, 11) is -3.50. The maximum atomic E-state index is 12.4. The zero-order chi connectivity index (χ0) is 15.8. The van der Waals surface area contributed by atoms with Crippen molar-refractivity contribution < 1.29 is 8.42 Å². The minimum Gasteiger partial charge on any atom is -0.315 e. The van der Waals surface area contributed by atoms with Crippen molar-refractivity contribution >= 4 is 20.8 Å². The fourth-order valence-corrected chi connectivity index (χ4v) is 3.56. The van der Waals surface area contributed by atoms with Crippen LogP contribution in [0.5, 0.6) is 0 Å². The predicted octanol–water partition coefficient (Wildman–Crippen LogP) is 2.29. The molecular weight excluding hydrogens is 298 g/mol. The van der Waals surface area contributed by atoms with Crippen molar-refractivity contribution in [1.82, 2.24) is 15.0 Å². The van der Waals surface area contributed by atoms with Crippen molar-refractivity contribution in [2.75, 3.05) is 19.6 Å². The first-order valence-corrected chi connectivity index (χ1v) is 9.16. The van der Waals surface area contributed by atoms with Gasteiger partial charge in [-0.25, -0.2) is 13.1 Å².